The van der Waals surface area contributed by atoms with E-state index in [2.05, 4.69) is 72.5 Å². The van der Waals surface area contributed by atoms with E-state index in [1.54, 1.807) is 0 Å². The maximum absolute atomic E-state index is 2.48. The molecule has 0 saturated heterocycles. The summed E-state index contributed by atoms with van der Waals surface area (Å²) in [5.74, 6) is 0. The molecular weight excluding hydrogens is 254 g/mol. The first-order valence-corrected chi connectivity index (χ1v) is 7.87. The average molecular weight is 277 g/mol. The van der Waals surface area contributed by atoms with Crippen molar-refractivity contribution < 1.29 is 0 Å². The molecule has 0 N–H and O–H groups in total. The van der Waals surface area contributed by atoms with E-state index in [1.807, 2.05) is 0 Å². The van der Waals surface area contributed by atoms with Gasteiger partial charge in [0.05, 0.1) is 0 Å². The Labute approximate surface area is 128 Å². The van der Waals surface area contributed by atoms with Crippen LogP contribution in [0.4, 0.5) is 5.69 Å². The van der Waals surface area contributed by atoms with Crippen molar-refractivity contribution in [2.45, 2.75) is 32.6 Å². The van der Waals surface area contributed by atoms with Gasteiger partial charge in [-0.25, -0.2) is 0 Å². The zero-order valence-electron chi connectivity index (χ0n) is 12.8. The molecule has 3 rings (SSSR count). The van der Waals surface area contributed by atoms with Gasteiger partial charge in [0, 0.05) is 17.9 Å². The van der Waals surface area contributed by atoms with E-state index in [0.717, 1.165) is 19.4 Å². The molecule has 0 amide bonds. The fourth-order valence-corrected chi connectivity index (χ4v) is 2.89. The van der Waals surface area contributed by atoms with E-state index in [0.29, 0.717) is 0 Å². The summed E-state index contributed by atoms with van der Waals surface area (Å²) >= 11 is 0. The molecule has 2 aliphatic rings. The molecule has 1 aromatic rings. The number of benzene rings is 1. The minimum atomic E-state index is 1.01. The Balaban J connectivity index is 1.88. The van der Waals surface area contributed by atoms with Gasteiger partial charge in [-0.15, -0.1) is 0 Å². The van der Waals surface area contributed by atoms with Gasteiger partial charge in [0.2, 0.25) is 0 Å². The van der Waals surface area contributed by atoms with Gasteiger partial charge in [-0.3, -0.25) is 0 Å². The van der Waals surface area contributed by atoms with Crippen molar-refractivity contribution in [2.24, 2.45) is 0 Å². The van der Waals surface area contributed by atoms with Crippen LogP contribution in [0.1, 0.15) is 31.2 Å². The molecule has 0 radical (unpaired) electrons. The first-order chi connectivity index (χ1) is 10.3. The molecule has 0 saturated carbocycles. The first-order valence-electron chi connectivity index (χ1n) is 7.87. The average Bonchev–Trinajstić information content (AvgIpc) is 2.55. The zero-order chi connectivity index (χ0) is 14.5. The van der Waals surface area contributed by atoms with Crippen LogP contribution in [0.15, 0.2) is 72.0 Å². The van der Waals surface area contributed by atoms with Crippen LogP contribution in [-0.2, 0) is 0 Å². The maximum atomic E-state index is 2.48. The van der Waals surface area contributed by atoms with Crippen LogP contribution >= 0.6 is 0 Å². The van der Waals surface area contributed by atoms with Crippen molar-refractivity contribution in [2.75, 3.05) is 11.4 Å². The molecule has 108 valence electrons. The molecule has 0 spiro atoms. The number of hydrogen-bond acceptors (Lipinski definition) is 1. The van der Waals surface area contributed by atoms with Gasteiger partial charge in [0.15, 0.2) is 0 Å². The van der Waals surface area contributed by atoms with Crippen LogP contribution in [-0.4, -0.2) is 6.54 Å². The van der Waals surface area contributed by atoms with E-state index in [-0.39, 0.29) is 0 Å². The van der Waals surface area contributed by atoms with Gasteiger partial charge < -0.3 is 4.90 Å². The first kappa shape index (κ1) is 13.9. The van der Waals surface area contributed by atoms with Crippen molar-refractivity contribution in [1.82, 2.24) is 0 Å². The normalized spacial score (nSPS) is 17.4. The Morgan fingerprint density at radius 3 is 2.24 bits per heavy atom. The van der Waals surface area contributed by atoms with E-state index in [1.165, 1.54) is 35.4 Å². The molecule has 0 aromatic heterocycles. The summed E-state index contributed by atoms with van der Waals surface area (Å²) in [5, 5.41) is 0. The molecule has 1 aromatic carbocycles. The summed E-state index contributed by atoms with van der Waals surface area (Å²) < 4.78 is 0. The zero-order valence-corrected chi connectivity index (χ0v) is 12.8. The monoisotopic (exact) mass is 277 g/mol. The molecule has 1 heteroatoms. The maximum Gasteiger partial charge on any atom is 0.0441 e. The van der Waals surface area contributed by atoms with Gasteiger partial charge in [0.1, 0.15) is 0 Å². The molecule has 0 unspecified atom stereocenters. The summed E-state index contributed by atoms with van der Waals surface area (Å²) in [4.78, 5) is 2.48. The van der Waals surface area contributed by atoms with Crippen LogP contribution in [0.25, 0.3) is 0 Å². The lowest BCUT2D eigenvalue weighted by Gasteiger charge is -2.30. The molecule has 0 heterocycles. The van der Waals surface area contributed by atoms with Crippen LogP contribution in [0.3, 0.4) is 0 Å². The summed E-state index contributed by atoms with van der Waals surface area (Å²) in [6.45, 7) is 3.15. The lowest BCUT2D eigenvalue weighted by molar-refractivity contribution is 0.821. The van der Waals surface area contributed by atoms with Crippen LogP contribution < -0.4 is 4.90 Å². The van der Waals surface area contributed by atoms with Gasteiger partial charge in [-0.05, 0) is 50.8 Å². The number of allylic oxidation sites excluding steroid dienone is 7. The van der Waals surface area contributed by atoms with Gasteiger partial charge in [0.25, 0.3) is 0 Å². The highest BCUT2D eigenvalue weighted by Crippen LogP contribution is 2.27. The molecule has 0 atom stereocenters. The van der Waals surface area contributed by atoms with Crippen LogP contribution in [0.5, 0.6) is 0 Å². The number of hydrogen-bond donors (Lipinski definition) is 0. The van der Waals surface area contributed by atoms with Gasteiger partial charge in [-0.1, -0.05) is 53.6 Å². The predicted octanol–water partition coefficient (Wildman–Crippen LogP) is 5.31. The second-order valence-corrected chi connectivity index (χ2v) is 5.84. The summed E-state index contributed by atoms with van der Waals surface area (Å²) in [6, 6.07) is 8.90. The van der Waals surface area contributed by atoms with Crippen molar-refractivity contribution in [3.8, 4) is 0 Å². The van der Waals surface area contributed by atoms with E-state index in [4.69, 9.17) is 0 Å². The van der Waals surface area contributed by atoms with Crippen molar-refractivity contribution in [3.63, 3.8) is 0 Å². The Hall–Kier alpha value is -2.02. The SMILES string of the molecule is Cc1ccc(N(CC2=CC=CCC2)C2=CC=CCC2)cc1. The lowest BCUT2D eigenvalue weighted by Crippen LogP contribution is -2.26. The summed E-state index contributed by atoms with van der Waals surface area (Å²) in [7, 11) is 0. The van der Waals surface area contributed by atoms with E-state index < -0.39 is 0 Å². The Bertz CT molecular complexity index is 599. The largest absolute Gasteiger partial charge is 0.341 e. The molecular formula is C20H23N. The topological polar surface area (TPSA) is 3.24 Å². The highest BCUT2D eigenvalue weighted by molar-refractivity contribution is 5.55. The van der Waals surface area contributed by atoms with Crippen molar-refractivity contribution >= 4 is 5.69 Å². The van der Waals surface area contributed by atoms with E-state index in [9.17, 15) is 0 Å². The third-order valence-electron chi connectivity index (χ3n) is 4.15. The minimum Gasteiger partial charge on any atom is -0.341 e. The fraction of sp³-hybridized carbons (Fsp3) is 0.300. The number of rotatable bonds is 4. The van der Waals surface area contributed by atoms with Gasteiger partial charge >= 0.3 is 0 Å². The predicted molar refractivity (Wildman–Crippen MR) is 91.4 cm³/mol. The fourth-order valence-electron chi connectivity index (χ4n) is 2.89. The minimum absolute atomic E-state index is 1.01. The summed E-state index contributed by atoms with van der Waals surface area (Å²) in [5.41, 5.74) is 5.57. The van der Waals surface area contributed by atoms with Crippen LogP contribution in [0.2, 0.25) is 0 Å². The second-order valence-electron chi connectivity index (χ2n) is 5.84. The molecule has 0 fully saturated rings. The highest BCUT2D eigenvalue weighted by atomic mass is 15.1. The van der Waals surface area contributed by atoms with Crippen molar-refractivity contribution in [1.29, 1.82) is 0 Å². The third-order valence-corrected chi connectivity index (χ3v) is 4.15. The van der Waals surface area contributed by atoms with Gasteiger partial charge in [-0.2, -0.15) is 0 Å². The number of anilines is 1. The van der Waals surface area contributed by atoms with Crippen LogP contribution in [0, 0.1) is 6.92 Å². The second kappa shape index (κ2) is 6.62. The molecule has 2 aliphatic carbocycles. The number of aryl methyl sites for hydroxylation is 1. The standard InChI is InChI=1S/C20H23N/c1-17-12-14-20(15-13-17)21(19-10-6-3-7-11-19)16-18-8-4-2-5-9-18/h2-4,6,8,10,12-15H,5,7,9,11,16H2,1H3. The van der Waals surface area contributed by atoms with Crippen molar-refractivity contribution in [3.05, 3.63) is 77.6 Å². The quantitative estimate of drug-likeness (QED) is 0.720. The Morgan fingerprint density at radius 1 is 0.905 bits per heavy atom. The molecule has 1 nitrogen and oxygen atoms in total. The Kier molecular flexibility index (Phi) is 4.40. The van der Waals surface area contributed by atoms with E-state index >= 15 is 0 Å². The molecule has 21 heavy (non-hydrogen) atoms. The Morgan fingerprint density at radius 2 is 1.62 bits per heavy atom. The number of nitrogens with zero attached hydrogens (tertiary/aromatic N) is 1. The molecule has 0 aliphatic heterocycles. The molecule has 0 bridgehead atoms. The highest BCUT2D eigenvalue weighted by Gasteiger charge is 2.15. The summed E-state index contributed by atoms with van der Waals surface area (Å²) in [6.07, 6.45) is 18.1. The lowest BCUT2D eigenvalue weighted by atomic mass is 10.0. The smallest absolute Gasteiger partial charge is 0.0441 e. The third kappa shape index (κ3) is 3.55.